The molecule has 138 valence electrons. The highest BCUT2D eigenvalue weighted by Gasteiger charge is 2.21. The summed E-state index contributed by atoms with van der Waals surface area (Å²) >= 11 is 0. The molecule has 0 saturated carbocycles. The number of rotatable bonds is 4. The molecule has 0 bridgehead atoms. The minimum Gasteiger partial charge on any atom is -0.392 e. The van der Waals surface area contributed by atoms with Crippen molar-refractivity contribution in [2.45, 2.75) is 19.9 Å². The number of pyridine rings is 2. The molecule has 4 heterocycles. The molecule has 0 radical (unpaired) electrons. The van der Waals surface area contributed by atoms with Gasteiger partial charge in [0.1, 0.15) is 18.0 Å². The Morgan fingerprint density at radius 1 is 1.14 bits per heavy atom. The molecule has 0 aliphatic heterocycles. The van der Waals surface area contributed by atoms with Crippen LogP contribution in [0.4, 0.5) is 17.3 Å². The maximum atomic E-state index is 7.38. The van der Waals surface area contributed by atoms with Gasteiger partial charge in [-0.05, 0) is 44.2 Å². The van der Waals surface area contributed by atoms with Crippen LogP contribution >= 0.6 is 0 Å². The summed E-state index contributed by atoms with van der Waals surface area (Å²) in [6, 6.07) is 14.1. The molecule has 4 aromatic heterocycles. The average Bonchev–Trinajstić information content (AvgIpc) is 3.10. The molecule has 4 rings (SSSR count). The lowest BCUT2D eigenvalue weighted by atomic mass is 10.1. The molecule has 1 unspecified atom stereocenters. The largest absolute Gasteiger partial charge is 0.392 e. The summed E-state index contributed by atoms with van der Waals surface area (Å²) < 4.78 is 2.19. The summed E-state index contributed by atoms with van der Waals surface area (Å²) in [5.74, 6) is 0.594. The summed E-state index contributed by atoms with van der Waals surface area (Å²) in [4.78, 5) is 16.2. The highest BCUT2D eigenvalue weighted by molar-refractivity contribution is 5.77. The zero-order valence-corrected chi connectivity index (χ0v) is 15.6. The molecular weight excluding hydrogens is 350 g/mol. The third kappa shape index (κ3) is 2.91. The summed E-state index contributed by atoms with van der Waals surface area (Å²) in [5.41, 5.74) is 11.2. The average molecular weight is 369 g/mol. The molecule has 7 heteroatoms. The van der Waals surface area contributed by atoms with Crippen molar-refractivity contribution in [3.05, 3.63) is 77.7 Å². The van der Waals surface area contributed by atoms with Crippen molar-refractivity contribution in [1.29, 1.82) is 0 Å². The fraction of sp³-hybridized carbons (Fsp3) is 0.143. The predicted octanol–water partition coefficient (Wildman–Crippen LogP) is 4.41. The van der Waals surface area contributed by atoms with Crippen molar-refractivity contribution in [3.8, 4) is 11.4 Å². The first-order chi connectivity index (χ1) is 13.6. The Balaban J connectivity index is 1.86. The van der Waals surface area contributed by atoms with Gasteiger partial charge < -0.3 is 15.5 Å². The van der Waals surface area contributed by atoms with Crippen LogP contribution in [0.1, 0.15) is 24.2 Å². The Labute approximate surface area is 162 Å². The molecule has 0 spiro atoms. The van der Waals surface area contributed by atoms with E-state index in [2.05, 4.69) is 54.6 Å². The molecule has 4 aromatic rings. The maximum absolute atomic E-state index is 7.38. The van der Waals surface area contributed by atoms with Crippen LogP contribution in [0.3, 0.4) is 0 Å². The van der Waals surface area contributed by atoms with Crippen LogP contribution in [-0.2, 0) is 0 Å². The predicted molar refractivity (Wildman–Crippen MR) is 110 cm³/mol. The Hall–Kier alpha value is -3.92. The number of nitrogen functional groups attached to an aromatic ring is 1. The third-order valence-electron chi connectivity index (χ3n) is 4.71. The minimum absolute atomic E-state index is 0.133. The number of nitrogens with zero attached hydrogens (tertiary/aromatic N) is 5. The summed E-state index contributed by atoms with van der Waals surface area (Å²) in [6.07, 6.45) is 3.15. The SMILES string of the molecule is [C-]#[N+]c1c(N)ncnc1NC(C)c1cc2cccc(C)n2c1-c1ccccn1. The second-order valence-electron chi connectivity index (χ2n) is 6.52. The molecule has 3 N–H and O–H groups in total. The smallest absolute Gasteiger partial charge is 0.268 e. The summed E-state index contributed by atoms with van der Waals surface area (Å²) in [6.45, 7) is 11.5. The van der Waals surface area contributed by atoms with Gasteiger partial charge in [0, 0.05) is 23.0 Å². The van der Waals surface area contributed by atoms with Crippen molar-refractivity contribution in [2.75, 3.05) is 11.1 Å². The molecule has 0 aliphatic rings. The number of anilines is 2. The van der Waals surface area contributed by atoms with E-state index >= 15 is 0 Å². The minimum atomic E-state index is -0.133. The number of hydrogen-bond acceptors (Lipinski definition) is 5. The van der Waals surface area contributed by atoms with Crippen LogP contribution in [0.25, 0.3) is 21.7 Å². The molecule has 28 heavy (non-hydrogen) atoms. The van der Waals surface area contributed by atoms with Gasteiger partial charge in [0.2, 0.25) is 0 Å². The van der Waals surface area contributed by atoms with E-state index in [4.69, 9.17) is 12.3 Å². The molecule has 0 aromatic carbocycles. The first-order valence-corrected chi connectivity index (χ1v) is 8.87. The molecule has 1 atom stereocenters. The van der Waals surface area contributed by atoms with E-state index in [9.17, 15) is 0 Å². The van der Waals surface area contributed by atoms with E-state index in [-0.39, 0.29) is 17.5 Å². The van der Waals surface area contributed by atoms with Crippen molar-refractivity contribution in [1.82, 2.24) is 19.4 Å². The molecule has 0 amide bonds. The van der Waals surface area contributed by atoms with E-state index < -0.39 is 0 Å². The third-order valence-corrected chi connectivity index (χ3v) is 4.71. The van der Waals surface area contributed by atoms with Gasteiger partial charge in [0.05, 0.1) is 24.0 Å². The summed E-state index contributed by atoms with van der Waals surface area (Å²) in [5, 5.41) is 3.32. The standard InChI is InChI=1S/C21H19N7/c1-13-7-6-8-15-11-16(19(28(13)15)17-9-4-5-10-24-17)14(2)27-21-18(23-3)20(22)25-12-26-21/h4-12,14H,1-2H3,(H3,22,25,26,27). The maximum Gasteiger partial charge on any atom is 0.268 e. The van der Waals surface area contributed by atoms with Crippen molar-refractivity contribution in [2.24, 2.45) is 0 Å². The van der Waals surface area contributed by atoms with Crippen molar-refractivity contribution >= 4 is 22.8 Å². The lowest BCUT2D eigenvalue weighted by molar-refractivity contribution is 0.873. The van der Waals surface area contributed by atoms with Gasteiger partial charge in [-0.15, -0.1) is 0 Å². The lowest BCUT2D eigenvalue weighted by Crippen LogP contribution is -2.10. The van der Waals surface area contributed by atoms with Gasteiger partial charge in [-0.1, -0.05) is 12.1 Å². The Bertz CT molecular complexity index is 1190. The Morgan fingerprint density at radius 2 is 2.00 bits per heavy atom. The Kier molecular flexibility index (Phi) is 4.38. The second kappa shape index (κ2) is 7.00. The van der Waals surface area contributed by atoms with Crippen molar-refractivity contribution in [3.63, 3.8) is 0 Å². The van der Waals surface area contributed by atoms with Crippen LogP contribution < -0.4 is 11.1 Å². The first-order valence-electron chi connectivity index (χ1n) is 8.87. The topological polar surface area (TPSA) is 85.5 Å². The van der Waals surface area contributed by atoms with Gasteiger partial charge in [-0.25, -0.2) is 14.8 Å². The fourth-order valence-corrected chi connectivity index (χ4v) is 3.40. The highest BCUT2D eigenvalue weighted by atomic mass is 15.1. The monoisotopic (exact) mass is 369 g/mol. The van der Waals surface area contributed by atoms with Crippen molar-refractivity contribution < 1.29 is 0 Å². The van der Waals surface area contributed by atoms with Gasteiger partial charge in [0.25, 0.3) is 5.69 Å². The molecule has 0 fully saturated rings. The van der Waals surface area contributed by atoms with Crippen LogP contribution in [0.5, 0.6) is 0 Å². The number of fused-ring (bicyclic) bond motifs is 1. The first kappa shape index (κ1) is 17.5. The quantitative estimate of drug-likeness (QED) is 0.521. The Morgan fingerprint density at radius 3 is 2.75 bits per heavy atom. The normalized spacial score (nSPS) is 11.9. The van der Waals surface area contributed by atoms with Crippen LogP contribution in [0, 0.1) is 13.5 Å². The van der Waals surface area contributed by atoms with Gasteiger partial charge in [-0.3, -0.25) is 4.98 Å². The summed E-state index contributed by atoms with van der Waals surface area (Å²) in [7, 11) is 0. The number of aromatic nitrogens is 4. The molecule has 0 saturated heterocycles. The van der Waals surface area contributed by atoms with E-state index in [1.54, 1.807) is 6.20 Å². The fourth-order valence-electron chi connectivity index (χ4n) is 3.40. The molecule has 0 aliphatic carbocycles. The molecule has 7 nitrogen and oxygen atoms in total. The molecular formula is C21H19N7. The highest BCUT2D eigenvalue weighted by Crippen LogP contribution is 2.35. The number of nitrogens with one attached hydrogen (secondary N) is 1. The van der Waals surface area contributed by atoms with Crippen LogP contribution in [0.2, 0.25) is 0 Å². The zero-order chi connectivity index (χ0) is 19.7. The zero-order valence-electron chi connectivity index (χ0n) is 15.6. The number of nitrogens with two attached hydrogens (primary N) is 1. The van der Waals surface area contributed by atoms with E-state index in [0.717, 1.165) is 28.2 Å². The second-order valence-corrected chi connectivity index (χ2v) is 6.52. The number of aryl methyl sites for hydroxylation is 1. The van der Waals surface area contributed by atoms with E-state index in [1.807, 2.05) is 31.2 Å². The van der Waals surface area contributed by atoms with Gasteiger partial charge in [0.15, 0.2) is 0 Å². The van der Waals surface area contributed by atoms with Gasteiger partial charge >= 0.3 is 0 Å². The van der Waals surface area contributed by atoms with Crippen LogP contribution in [-0.4, -0.2) is 19.4 Å². The van der Waals surface area contributed by atoms with E-state index in [1.165, 1.54) is 6.33 Å². The van der Waals surface area contributed by atoms with E-state index in [0.29, 0.717) is 5.82 Å². The van der Waals surface area contributed by atoms with Crippen LogP contribution in [0.15, 0.2) is 55.0 Å². The lowest BCUT2D eigenvalue weighted by Gasteiger charge is -2.17. The van der Waals surface area contributed by atoms with Gasteiger partial charge in [-0.2, -0.15) is 0 Å². The number of hydrogen-bond donors (Lipinski definition) is 2.